The van der Waals surface area contributed by atoms with Crippen LogP contribution in [0.15, 0.2) is 24.3 Å². The molecule has 0 heterocycles. The lowest BCUT2D eigenvalue weighted by Crippen LogP contribution is -2.14. The smallest absolute Gasteiger partial charge is 0.00713 e. The first-order chi connectivity index (χ1) is 8.72. The lowest BCUT2D eigenvalue weighted by molar-refractivity contribution is 0.415. The molecule has 1 aliphatic rings. The van der Waals surface area contributed by atoms with E-state index in [1.54, 1.807) is 0 Å². The molecule has 2 N–H and O–H groups in total. The van der Waals surface area contributed by atoms with Crippen molar-refractivity contribution < 1.29 is 0 Å². The molecule has 18 heavy (non-hydrogen) atoms. The maximum absolute atomic E-state index is 5.81. The van der Waals surface area contributed by atoms with E-state index in [0.717, 1.165) is 18.9 Å². The first-order valence-electron chi connectivity index (χ1n) is 7.52. The fourth-order valence-electron chi connectivity index (χ4n) is 3.34. The molecular formula is C17H27N. The average molecular weight is 245 g/mol. The van der Waals surface area contributed by atoms with E-state index >= 15 is 0 Å². The Morgan fingerprint density at radius 3 is 2.11 bits per heavy atom. The van der Waals surface area contributed by atoms with Crippen LogP contribution in [0.4, 0.5) is 0 Å². The highest BCUT2D eigenvalue weighted by atomic mass is 14.5. The molecule has 1 atom stereocenters. The van der Waals surface area contributed by atoms with Gasteiger partial charge in [0.15, 0.2) is 0 Å². The number of nitrogens with two attached hydrogens (primary N) is 1. The van der Waals surface area contributed by atoms with Crippen LogP contribution in [0.5, 0.6) is 0 Å². The topological polar surface area (TPSA) is 26.0 Å². The first kappa shape index (κ1) is 13.6. The maximum Gasteiger partial charge on any atom is -0.00713 e. The molecule has 0 spiro atoms. The van der Waals surface area contributed by atoms with Gasteiger partial charge in [-0.2, -0.15) is 0 Å². The van der Waals surface area contributed by atoms with Crippen molar-refractivity contribution in [1.29, 1.82) is 0 Å². The van der Waals surface area contributed by atoms with Crippen LogP contribution >= 0.6 is 0 Å². The van der Waals surface area contributed by atoms with Gasteiger partial charge in [0.2, 0.25) is 0 Å². The fourth-order valence-corrected chi connectivity index (χ4v) is 3.34. The van der Waals surface area contributed by atoms with Gasteiger partial charge in [-0.3, -0.25) is 0 Å². The maximum atomic E-state index is 5.81. The average Bonchev–Trinajstić information content (AvgIpc) is 2.90. The molecule has 0 radical (unpaired) electrons. The van der Waals surface area contributed by atoms with Crippen molar-refractivity contribution in [1.82, 2.24) is 0 Å². The van der Waals surface area contributed by atoms with Crippen LogP contribution in [0.1, 0.15) is 68.9 Å². The van der Waals surface area contributed by atoms with Gasteiger partial charge in [0.1, 0.15) is 0 Å². The van der Waals surface area contributed by atoms with Crippen LogP contribution in [-0.2, 0) is 0 Å². The van der Waals surface area contributed by atoms with Gasteiger partial charge in [-0.05, 0) is 54.7 Å². The van der Waals surface area contributed by atoms with E-state index in [-0.39, 0.29) is 0 Å². The Morgan fingerprint density at radius 2 is 1.61 bits per heavy atom. The molecule has 100 valence electrons. The summed E-state index contributed by atoms with van der Waals surface area (Å²) in [5, 5.41) is 0. The highest BCUT2D eigenvalue weighted by Gasteiger charge is 2.25. The molecule has 1 fully saturated rings. The van der Waals surface area contributed by atoms with Gasteiger partial charge in [-0.15, -0.1) is 0 Å². The molecule has 0 amide bonds. The highest BCUT2D eigenvalue weighted by Crippen LogP contribution is 2.39. The monoisotopic (exact) mass is 245 g/mol. The Labute approximate surface area is 112 Å². The van der Waals surface area contributed by atoms with Crippen LogP contribution in [0, 0.1) is 5.92 Å². The van der Waals surface area contributed by atoms with E-state index < -0.39 is 0 Å². The van der Waals surface area contributed by atoms with Gasteiger partial charge in [-0.25, -0.2) is 0 Å². The third-order valence-corrected chi connectivity index (χ3v) is 4.48. The molecular weight excluding hydrogens is 218 g/mol. The van der Waals surface area contributed by atoms with Crippen molar-refractivity contribution in [2.24, 2.45) is 11.7 Å². The van der Waals surface area contributed by atoms with Gasteiger partial charge < -0.3 is 5.73 Å². The van der Waals surface area contributed by atoms with Crippen LogP contribution in [0.3, 0.4) is 0 Å². The highest BCUT2D eigenvalue weighted by molar-refractivity contribution is 5.27. The molecule has 1 aliphatic carbocycles. The largest absolute Gasteiger partial charge is 0.330 e. The van der Waals surface area contributed by atoms with Crippen molar-refractivity contribution in [3.8, 4) is 0 Å². The molecule has 1 saturated carbocycles. The number of benzene rings is 1. The minimum atomic E-state index is 0.624. The van der Waals surface area contributed by atoms with Gasteiger partial charge in [0.25, 0.3) is 0 Å². The Morgan fingerprint density at radius 1 is 1.06 bits per heavy atom. The van der Waals surface area contributed by atoms with E-state index in [2.05, 4.69) is 38.1 Å². The van der Waals surface area contributed by atoms with E-state index in [0.29, 0.717) is 11.8 Å². The van der Waals surface area contributed by atoms with Crippen molar-refractivity contribution in [3.05, 3.63) is 35.4 Å². The summed E-state index contributed by atoms with van der Waals surface area (Å²) in [5.74, 6) is 2.19. The van der Waals surface area contributed by atoms with Gasteiger partial charge in [0, 0.05) is 0 Å². The quantitative estimate of drug-likeness (QED) is 0.815. The molecule has 0 bridgehead atoms. The van der Waals surface area contributed by atoms with Crippen molar-refractivity contribution in [2.45, 2.75) is 57.8 Å². The van der Waals surface area contributed by atoms with Crippen LogP contribution < -0.4 is 5.73 Å². The van der Waals surface area contributed by atoms with E-state index in [1.165, 1.54) is 36.8 Å². The zero-order valence-electron chi connectivity index (χ0n) is 11.9. The first-order valence-corrected chi connectivity index (χ1v) is 7.52. The standard InChI is InChI=1S/C17H27N/c1-13(2)14-7-9-16(10-8-14)17(11-12-18)15-5-3-4-6-15/h7-10,13,15,17H,3-6,11-12,18H2,1-2H3. The zero-order chi connectivity index (χ0) is 13.0. The summed E-state index contributed by atoms with van der Waals surface area (Å²) >= 11 is 0. The molecule has 1 heteroatoms. The lowest BCUT2D eigenvalue weighted by atomic mass is 9.82. The van der Waals surface area contributed by atoms with E-state index in [4.69, 9.17) is 5.73 Å². The van der Waals surface area contributed by atoms with Gasteiger partial charge in [-0.1, -0.05) is 51.0 Å². The molecule has 1 nitrogen and oxygen atoms in total. The van der Waals surface area contributed by atoms with Crippen molar-refractivity contribution in [2.75, 3.05) is 6.54 Å². The molecule has 0 saturated heterocycles. The lowest BCUT2D eigenvalue weighted by Gasteiger charge is -2.24. The Kier molecular flexibility index (Phi) is 4.82. The van der Waals surface area contributed by atoms with Gasteiger partial charge in [0.05, 0.1) is 0 Å². The molecule has 1 unspecified atom stereocenters. The predicted octanol–water partition coefficient (Wildman–Crippen LogP) is 4.43. The predicted molar refractivity (Wildman–Crippen MR) is 78.9 cm³/mol. The summed E-state index contributed by atoms with van der Waals surface area (Å²) in [5.41, 5.74) is 8.76. The normalized spacial score (nSPS) is 18.4. The van der Waals surface area contributed by atoms with E-state index in [1.807, 2.05) is 0 Å². The van der Waals surface area contributed by atoms with E-state index in [9.17, 15) is 0 Å². The summed E-state index contributed by atoms with van der Waals surface area (Å²) in [6, 6.07) is 9.29. The van der Waals surface area contributed by atoms with Crippen LogP contribution in [0.25, 0.3) is 0 Å². The summed E-state index contributed by atoms with van der Waals surface area (Å²) in [7, 11) is 0. The SMILES string of the molecule is CC(C)c1ccc(C(CCN)C2CCCC2)cc1. The van der Waals surface area contributed by atoms with Crippen molar-refractivity contribution in [3.63, 3.8) is 0 Å². The Balaban J connectivity index is 2.14. The zero-order valence-corrected chi connectivity index (χ0v) is 11.9. The molecule has 1 aromatic rings. The summed E-state index contributed by atoms with van der Waals surface area (Å²) in [6.45, 7) is 5.32. The second-order valence-corrected chi connectivity index (χ2v) is 6.05. The summed E-state index contributed by atoms with van der Waals surface area (Å²) in [4.78, 5) is 0. The molecule has 0 aromatic heterocycles. The molecule has 1 aromatic carbocycles. The van der Waals surface area contributed by atoms with Crippen molar-refractivity contribution >= 4 is 0 Å². The minimum Gasteiger partial charge on any atom is -0.330 e. The molecule has 0 aliphatic heterocycles. The number of rotatable bonds is 5. The Bertz CT molecular complexity index is 346. The second kappa shape index (κ2) is 6.38. The summed E-state index contributed by atoms with van der Waals surface area (Å²) in [6.07, 6.45) is 6.77. The third-order valence-electron chi connectivity index (χ3n) is 4.48. The number of hydrogen-bond acceptors (Lipinski definition) is 1. The number of hydrogen-bond donors (Lipinski definition) is 1. The third kappa shape index (κ3) is 3.14. The molecule has 2 rings (SSSR count). The fraction of sp³-hybridized carbons (Fsp3) is 0.647. The minimum absolute atomic E-state index is 0.624. The second-order valence-electron chi connectivity index (χ2n) is 6.05. The van der Waals surface area contributed by atoms with Gasteiger partial charge >= 0.3 is 0 Å². The summed E-state index contributed by atoms with van der Waals surface area (Å²) < 4.78 is 0. The van der Waals surface area contributed by atoms with Crippen LogP contribution in [-0.4, -0.2) is 6.54 Å². The Hall–Kier alpha value is -0.820. The van der Waals surface area contributed by atoms with Crippen LogP contribution in [0.2, 0.25) is 0 Å².